The van der Waals surface area contributed by atoms with Gasteiger partial charge in [0.25, 0.3) is 0 Å². The molecule has 3 rings (SSSR count). The predicted molar refractivity (Wildman–Crippen MR) is 116 cm³/mol. The number of piperidine rings is 1. The van der Waals surface area contributed by atoms with Crippen LogP contribution in [0.3, 0.4) is 0 Å². The van der Waals surface area contributed by atoms with Crippen LogP contribution in [0.15, 0.2) is 29.3 Å². The molecule has 0 aromatic heterocycles. The first-order chi connectivity index (χ1) is 14.1. The summed E-state index contributed by atoms with van der Waals surface area (Å²) in [6.45, 7) is 2.60. The van der Waals surface area contributed by atoms with Crippen LogP contribution in [-0.2, 0) is 10.2 Å². The molecule has 2 fully saturated rings. The Labute approximate surface area is 174 Å². The average molecular weight is 403 g/mol. The van der Waals surface area contributed by atoms with Gasteiger partial charge in [-0.15, -0.1) is 0 Å². The van der Waals surface area contributed by atoms with E-state index in [1.807, 2.05) is 13.1 Å². The molecule has 0 atom stereocenters. The molecule has 1 amide bonds. The van der Waals surface area contributed by atoms with Crippen molar-refractivity contribution < 1.29 is 9.18 Å². The molecule has 29 heavy (non-hydrogen) atoms. The van der Waals surface area contributed by atoms with Crippen molar-refractivity contribution in [3.63, 3.8) is 0 Å². The number of hydrogen-bond acceptors (Lipinski definition) is 2. The first-order valence-electron chi connectivity index (χ1n) is 11.0. The van der Waals surface area contributed by atoms with Gasteiger partial charge in [-0.1, -0.05) is 31.4 Å². The third-order valence-corrected chi connectivity index (χ3v) is 6.71. The number of rotatable bonds is 5. The number of halogens is 1. The summed E-state index contributed by atoms with van der Waals surface area (Å²) in [7, 11) is 3.53. The van der Waals surface area contributed by atoms with Crippen molar-refractivity contribution in [2.24, 2.45) is 10.9 Å². The number of amides is 1. The van der Waals surface area contributed by atoms with Gasteiger partial charge in [0.15, 0.2) is 5.96 Å². The molecule has 1 saturated carbocycles. The van der Waals surface area contributed by atoms with Gasteiger partial charge in [-0.25, -0.2) is 4.39 Å². The molecular formula is C23H35FN4O. The smallest absolute Gasteiger partial charge is 0.220 e. The minimum Gasteiger partial charge on any atom is -0.359 e. The Morgan fingerprint density at radius 3 is 2.59 bits per heavy atom. The Hall–Kier alpha value is -2.11. The highest BCUT2D eigenvalue weighted by Crippen LogP contribution is 2.39. The lowest BCUT2D eigenvalue weighted by atomic mass is 9.69. The topological polar surface area (TPSA) is 56.7 Å². The Morgan fingerprint density at radius 1 is 1.24 bits per heavy atom. The van der Waals surface area contributed by atoms with Crippen molar-refractivity contribution >= 4 is 11.9 Å². The predicted octanol–water partition coefficient (Wildman–Crippen LogP) is 3.45. The first-order valence-corrected chi connectivity index (χ1v) is 11.0. The molecule has 5 nitrogen and oxygen atoms in total. The van der Waals surface area contributed by atoms with E-state index in [9.17, 15) is 9.18 Å². The highest BCUT2D eigenvalue weighted by Gasteiger charge is 2.35. The number of guanidine groups is 1. The zero-order valence-electron chi connectivity index (χ0n) is 17.8. The summed E-state index contributed by atoms with van der Waals surface area (Å²) in [6, 6.07) is 7.13. The number of carbonyl (C=O) groups excluding carboxylic acids is 1. The fourth-order valence-corrected chi connectivity index (χ4v) is 4.91. The molecule has 1 aliphatic carbocycles. The summed E-state index contributed by atoms with van der Waals surface area (Å²) in [5, 5.41) is 6.33. The molecule has 0 bridgehead atoms. The molecule has 2 aliphatic rings. The lowest BCUT2D eigenvalue weighted by Gasteiger charge is -2.40. The Balaban J connectivity index is 1.62. The number of nitrogens with zero attached hydrogens (tertiary/aromatic N) is 2. The monoisotopic (exact) mass is 402 g/mol. The molecule has 160 valence electrons. The number of nitrogens with one attached hydrogen (secondary N) is 2. The van der Waals surface area contributed by atoms with E-state index in [1.165, 1.54) is 25.3 Å². The van der Waals surface area contributed by atoms with Gasteiger partial charge in [0.2, 0.25) is 5.91 Å². The second-order valence-corrected chi connectivity index (χ2v) is 8.56. The van der Waals surface area contributed by atoms with E-state index in [-0.39, 0.29) is 17.1 Å². The summed E-state index contributed by atoms with van der Waals surface area (Å²) in [5.41, 5.74) is 1.07. The molecular weight excluding hydrogens is 367 g/mol. The van der Waals surface area contributed by atoms with Gasteiger partial charge in [-0.2, -0.15) is 0 Å². The van der Waals surface area contributed by atoms with Gasteiger partial charge < -0.3 is 15.5 Å². The van der Waals surface area contributed by atoms with Crippen LogP contribution in [0.1, 0.15) is 56.9 Å². The summed E-state index contributed by atoms with van der Waals surface area (Å²) in [6.07, 6.45) is 8.39. The van der Waals surface area contributed by atoms with E-state index in [1.54, 1.807) is 13.1 Å². The van der Waals surface area contributed by atoms with Gasteiger partial charge in [0, 0.05) is 45.6 Å². The van der Waals surface area contributed by atoms with Crippen molar-refractivity contribution in [3.05, 3.63) is 35.6 Å². The van der Waals surface area contributed by atoms with Crippen LogP contribution in [0.25, 0.3) is 0 Å². The molecule has 0 unspecified atom stereocenters. The van der Waals surface area contributed by atoms with E-state index in [0.29, 0.717) is 12.3 Å². The lowest BCUT2D eigenvalue weighted by molar-refractivity contribution is -0.121. The van der Waals surface area contributed by atoms with Gasteiger partial charge >= 0.3 is 0 Å². The third-order valence-electron chi connectivity index (χ3n) is 6.71. The number of hydrogen-bond donors (Lipinski definition) is 2. The number of likely N-dealkylation sites (tertiary alicyclic amines) is 1. The molecule has 1 aromatic rings. The lowest BCUT2D eigenvalue weighted by Crippen LogP contribution is -2.50. The number of aliphatic imine (C=N–C) groups is 1. The zero-order valence-corrected chi connectivity index (χ0v) is 17.8. The van der Waals surface area contributed by atoms with Crippen LogP contribution in [0.2, 0.25) is 0 Å². The Kier molecular flexibility index (Phi) is 7.51. The minimum absolute atomic E-state index is 0.0339. The van der Waals surface area contributed by atoms with Crippen molar-refractivity contribution in [1.82, 2.24) is 15.5 Å². The zero-order chi connectivity index (χ0) is 20.7. The van der Waals surface area contributed by atoms with Crippen LogP contribution in [0.4, 0.5) is 4.39 Å². The van der Waals surface area contributed by atoms with Crippen molar-refractivity contribution in [2.45, 2.75) is 56.8 Å². The van der Waals surface area contributed by atoms with Crippen LogP contribution in [0.5, 0.6) is 0 Å². The van der Waals surface area contributed by atoms with Crippen molar-refractivity contribution in [1.29, 1.82) is 0 Å². The second-order valence-electron chi connectivity index (χ2n) is 8.56. The normalized spacial score (nSPS) is 20.4. The van der Waals surface area contributed by atoms with Crippen LogP contribution in [-0.4, -0.2) is 50.5 Å². The maximum atomic E-state index is 13.9. The fraction of sp³-hybridized carbons (Fsp3) is 0.652. The number of benzene rings is 1. The molecule has 2 N–H and O–H groups in total. The molecule has 1 aliphatic heterocycles. The van der Waals surface area contributed by atoms with E-state index in [0.717, 1.165) is 56.8 Å². The largest absolute Gasteiger partial charge is 0.359 e. The molecule has 0 spiro atoms. The molecule has 6 heteroatoms. The van der Waals surface area contributed by atoms with Crippen molar-refractivity contribution in [3.8, 4) is 0 Å². The van der Waals surface area contributed by atoms with E-state index in [2.05, 4.69) is 26.6 Å². The summed E-state index contributed by atoms with van der Waals surface area (Å²) in [5.74, 6) is 1.33. The van der Waals surface area contributed by atoms with Crippen molar-refractivity contribution in [2.75, 3.05) is 33.7 Å². The van der Waals surface area contributed by atoms with Crippen LogP contribution >= 0.6 is 0 Å². The third kappa shape index (κ3) is 5.49. The Morgan fingerprint density at radius 2 is 1.97 bits per heavy atom. The quantitative estimate of drug-likeness (QED) is 0.586. The van der Waals surface area contributed by atoms with E-state index >= 15 is 0 Å². The van der Waals surface area contributed by atoms with Gasteiger partial charge in [0.1, 0.15) is 5.82 Å². The molecule has 1 saturated heterocycles. The van der Waals surface area contributed by atoms with Crippen LogP contribution in [0, 0.1) is 11.7 Å². The SMILES string of the molecule is CN=C(NCC1(c2cccc(F)c2)CCCCC1)N1CCC(CC(=O)NC)CC1. The van der Waals surface area contributed by atoms with Crippen LogP contribution < -0.4 is 10.6 Å². The second kappa shape index (κ2) is 10.1. The van der Waals surface area contributed by atoms with E-state index in [4.69, 9.17) is 0 Å². The summed E-state index contributed by atoms with van der Waals surface area (Å²) < 4.78 is 13.9. The first kappa shape index (κ1) is 21.6. The van der Waals surface area contributed by atoms with E-state index < -0.39 is 0 Å². The molecule has 1 heterocycles. The molecule has 1 aromatic carbocycles. The highest BCUT2D eigenvalue weighted by atomic mass is 19.1. The van der Waals surface area contributed by atoms with Gasteiger partial charge in [-0.05, 0) is 49.3 Å². The minimum atomic E-state index is -0.157. The maximum Gasteiger partial charge on any atom is 0.220 e. The number of carbonyl (C=O) groups is 1. The molecule has 0 radical (unpaired) electrons. The Bertz CT molecular complexity index is 707. The summed E-state index contributed by atoms with van der Waals surface area (Å²) >= 11 is 0. The summed E-state index contributed by atoms with van der Waals surface area (Å²) in [4.78, 5) is 18.4. The average Bonchev–Trinajstić information content (AvgIpc) is 2.76. The fourth-order valence-electron chi connectivity index (χ4n) is 4.91. The van der Waals surface area contributed by atoms with Gasteiger partial charge in [0.05, 0.1) is 0 Å². The maximum absolute atomic E-state index is 13.9. The highest BCUT2D eigenvalue weighted by molar-refractivity contribution is 5.80. The standard InChI is InChI=1S/C23H35FN4O/c1-25-21(29)15-18-9-13-28(14-10-18)22(26-2)27-17-23(11-4-3-5-12-23)19-7-6-8-20(24)16-19/h6-8,16,18H,3-5,9-15,17H2,1-2H3,(H,25,29)(H,26,27). The van der Waals surface area contributed by atoms with Gasteiger partial charge in [-0.3, -0.25) is 9.79 Å².